The highest BCUT2D eigenvalue weighted by Crippen LogP contribution is 2.52. The van der Waals surface area contributed by atoms with Gasteiger partial charge in [0.1, 0.15) is 11.6 Å². The summed E-state index contributed by atoms with van der Waals surface area (Å²) in [6.07, 6.45) is 4.91. The smallest absolute Gasteiger partial charge is 0.130 e. The molecule has 4 unspecified atom stereocenters. The molecule has 2 fully saturated rings. The van der Waals surface area contributed by atoms with Gasteiger partial charge in [-0.1, -0.05) is 19.4 Å². The fourth-order valence-corrected chi connectivity index (χ4v) is 4.20. The molecule has 0 spiro atoms. The summed E-state index contributed by atoms with van der Waals surface area (Å²) in [5.74, 6) is 1.01. The van der Waals surface area contributed by atoms with Crippen molar-refractivity contribution < 1.29 is 8.78 Å². The average Bonchev–Trinajstić information content (AvgIpc) is 2.99. The standard InChI is InChI=1S/C16H21F2N/c1-2-19-16(12-9-10-6-7-11(12)8-10)15-13(17)4-3-5-14(15)18/h3-5,10-12,16,19H,2,6-9H2,1H3. The van der Waals surface area contributed by atoms with Crippen LogP contribution in [0.5, 0.6) is 0 Å². The maximum atomic E-state index is 14.0. The second-order valence-electron chi connectivity index (χ2n) is 6.01. The van der Waals surface area contributed by atoms with Gasteiger partial charge in [-0.3, -0.25) is 0 Å². The Morgan fingerprint density at radius 2 is 1.95 bits per heavy atom. The maximum Gasteiger partial charge on any atom is 0.130 e. The van der Waals surface area contributed by atoms with Crippen LogP contribution in [-0.2, 0) is 0 Å². The molecule has 0 aliphatic heterocycles. The second kappa shape index (κ2) is 5.20. The van der Waals surface area contributed by atoms with Crippen LogP contribution in [0.1, 0.15) is 44.2 Å². The molecule has 2 aliphatic rings. The van der Waals surface area contributed by atoms with E-state index >= 15 is 0 Å². The fraction of sp³-hybridized carbons (Fsp3) is 0.625. The van der Waals surface area contributed by atoms with Crippen LogP contribution in [0.2, 0.25) is 0 Å². The molecule has 0 amide bonds. The van der Waals surface area contributed by atoms with Crippen LogP contribution in [0.15, 0.2) is 18.2 Å². The Morgan fingerprint density at radius 3 is 2.47 bits per heavy atom. The quantitative estimate of drug-likeness (QED) is 0.866. The monoisotopic (exact) mass is 265 g/mol. The number of halogens is 2. The first-order valence-corrected chi connectivity index (χ1v) is 7.38. The van der Waals surface area contributed by atoms with Crippen LogP contribution in [0, 0.1) is 29.4 Å². The first-order chi connectivity index (χ1) is 9.20. The molecule has 1 aromatic rings. The van der Waals surface area contributed by atoms with Gasteiger partial charge in [0.05, 0.1) is 0 Å². The normalized spacial score (nSPS) is 30.8. The Balaban J connectivity index is 1.92. The van der Waals surface area contributed by atoms with Crippen molar-refractivity contribution >= 4 is 0 Å². The lowest BCUT2D eigenvalue weighted by atomic mass is 9.80. The SMILES string of the molecule is CCNC(c1c(F)cccc1F)C1CC2CCC1C2. The molecule has 0 aromatic heterocycles. The maximum absolute atomic E-state index is 14.0. The molecule has 2 saturated carbocycles. The van der Waals surface area contributed by atoms with E-state index in [9.17, 15) is 8.78 Å². The van der Waals surface area contributed by atoms with E-state index < -0.39 is 11.6 Å². The molecular formula is C16H21F2N. The van der Waals surface area contributed by atoms with Gasteiger partial charge in [0, 0.05) is 11.6 Å². The van der Waals surface area contributed by atoms with Gasteiger partial charge in [-0.05, 0) is 55.7 Å². The van der Waals surface area contributed by atoms with E-state index in [-0.39, 0.29) is 11.6 Å². The van der Waals surface area contributed by atoms with Gasteiger partial charge in [-0.2, -0.15) is 0 Å². The summed E-state index contributed by atoms with van der Waals surface area (Å²) in [5.41, 5.74) is 0.252. The molecule has 1 aromatic carbocycles. The number of rotatable bonds is 4. The molecule has 1 N–H and O–H groups in total. The molecular weight excluding hydrogens is 244 g/mol. The third-order valence-corrected chi connectivity index (χ3v) is 4.96. The van der Waals surface area contributed by atoms with Crippen molar-refractivity contribution in [2.75, 3.05) is 6.54 Å². The fourth-order valence-electron chi connectivity index (χ4n) is 4.20. The highest BCUT2D eigenvalue weighted by molar-refractivity contribution is 5.25. The van der Waals surface area contributed by atoms with Crippen molar-refractivity contribution in [2.24, 2.45) is 17.8 Å². The first-order valence-electron chi connectivity index (χ1n) is 7.38. The molecule has 0 heterocycles. The Hall–Kier alpha value is -0.960. The zero-order chi connectivity index (χ0) is 13.4. The molecule has 104 valence electrons. The van der Waals surface area contributed by atoms with Crippen molar-refractivity contribution in [3.05, 3.63) is 35.4 Å². The molecule has 3 heteroatoms. The van der Waals surface area contributed by atoms with Crippen LogP contribution in [0.3, 0.4) is 0 Å². The number of hydrogen-bond acceptors (Lipinski definition) is 1. The van der Waals surface area contributed by atoms with E-state index in [1.54, 1.807) is 0 Å². The van der Waals surface area contributed by atoms with Crippen LogP contribution in [0.4, 0.5) is 8.78 Å². The van der Waals surface area contributed by atoms with Gasteiger partial charge in [0.25, 0.3) is 0 Å². The van der Waals surface area contributed by atoms with Gasteiger partial charge in [0.2, 0.25) is 0 Å². The summed E-state index contributed by atoms with van der Waals surface area (Å²) in [6, 6.07) is 4.02. The van der Waals surface area contributed by atoms with Crippen molar-refractivity contribution in [3.63, 3.8) is 0 Å². The van der Waals surface area contributed by atoms with Crippen molar-refractivity contribution in [2.45, 2.75) is 38.6 Å². The van der Waals surface area contributed by atoms with E-state index in [2.05, 4.69) is 5.32 Å². The summed E-state index contributed by atoms with van der Waals surface area (Å²) in [6.45, 7) is 2.74. The van der Waals surface area contributed by atoms with E-state index in [0.29, 0.717) is 11.8 Å². The molecule has 2 aliphatic carbocycles. The molecule has 2 bridgehead atoms. The average molecular weight is 265 g/mol. The predicted molar refractivity (Wildman–Crippen MR) is 71.7 cm³/mol. The molecule has 19 heavy (non-hydrogen) atoms. The van der Waals surface area contributed by atoms with Crippen LogP contribution >= 0.6 is 0 Å². The van der Waals surface area contributed by atoms with E-state index in [1.807, 2.05) is 6.92 Å². The lowest BCUT2D eigenvalue weighted by Gasteiger charge is -2.32. The lowest BCUT2D eigenvalue weighted by molar-refractivity contribution is 0.244. The van der Waals surface area contributed by atoms with Crippen molar-refractivity contribution in [3.8, 4) is 0 Å². The number of nitrogens with one attached hydrogen (secondary N) is 1. The Kier molecular flexibility index (Phi) is 3.57. The second-order valence-corrected chi connectivity index (χ2v) is 6.01. The van der Waals surface area contributed by atoms with E-state index in [0.717, 1.165) is 18.9 Å². The number of benzene rings is 1. The number of fused-ring (bicyclic) bond motifs is 2. The van der Waals surface area contributed by atoms with Crippen LogP contribution in [-0.4, -0.2) is 6.54 Å². The minimum atomic E-state index is -0.409. The Morgan fingerprint density at radius 1 is 1.21 bits per heavy atom. The minimum absolute atomic E-state index is 0.165. The van der Waals surface area contributed by atoms with Gasteiger partial charge < -0.3 is 5.32 Å². The Bertz CT molecular complexity index is 440. The van der Waals surface area contributed by atoms with E-state index in [4.69, 9.17) is 0 Å². The Labute approximate surface area is 113 Å². The van der Waals surface area contributed by atoms with Gasteiger partial charge in [-0.25, -0.2) is 8.78 Å². The van der Waals surface area contributed by atoms with E-state index in [1.165, 1.54) is 37.5 Å². The largest absolute Gasteiger partial charge is 0.310 e. The lowest BCUT2D eigenvalue weighted by Crippen LogP contribution is -2.32. The predicted octanol–water partition coefficient (Wildman–Crippen LogP) is 4.05. The summed E-state index contributed by atoms with van der Waals surface area (Å²) < 4.78 is 28.1. The molecule has 0 radical (unpaired) electrons. The molecule has 1 nitrogen and oxygen atoms in total. The van der Waals surface area contributed by atoms with Crippen LogP contribution < -0.4 is 5.32 Å². The van der Waals surface area contributed by atoms with Gasteiger partial charge in [-0.15, -0.1) is 0 Å². The van der Waals surface area contributed by atoms with Crippen LogP contribution in [0.25, 0.3) is 0 Å². The highest BCUT2D eigenvalue weighted by atomic mass is 19.1. The molecule has 0 saturated heterocycles. The summed E-state index contributed by atoms with van der Waals surface area (Å²) in [7, 11) is 0. The topological polar surface area (TPSA) is 12.0 Å². The first kappa shape index (κ1) is 13.0. The number of hydrogen-bond donors (Lipinski definition) is 1. The summed E-state index contributed by atoms with van der Waals surface area (Å²) in [5, 5.41) is 3.33. The zero-order valence-corrected chi connectivity index (χ0v) is 11.3. The minimum Gasteiger partial charge on any atom is -0.310 e. The van der Waals surface area contributed by atoms with Crippen molar-refractivity contribution in [1.82, 2.24) is 5.32 Å². The zero-order valence-electron chi connectivity index (χ0n) is 11.3. The highest BCUT2D eigenvalue weighted by Gasteiger charge is 2.44. The third-order valence-electron chi connectivity index (χ3n) is 4.96. The van der Waals surface area contributed by atoms with Crippen molar-refractivity contribution in [1.29, 1.82) is 0 Å². The summed E-state index contributed by atoms with van der Waals surface area (Å²) >= 11 is 0. The van der Waals surface area contributed by atoms with Gasteiger partial charge >= 0.3 is 0 Å². The van der Waals surface area contributed by atoms with Gasteiger partial charge in [0.15, 0.2) is 0 Å². The summed E-state index contributed by atoms with van der Waals surface area (Å²) in [4.78, 5) is 0. The molecule has 4 atom stereocenters. The third kappa shape index (κ3) is 2.29. The molecule has 3 rings (SSSR count).